The van der Waals surface area contributed by atoms with Gasteiger partial charge in [0.05, 0.1) is 17.7 Å². The van der Waals surface area contributed by atoms with Crippen LogP contribution in [0.25, 0.3) is 10.9 Å². The number of imide groups is 1. The molecule has 2 N–H and O–H groups in total. The number of anilines is 2. The van der Waals surface area contributed by atoms with Gasteiger partial charge in [-0.1, -0.05) is 0 Å². The number of carbonyl (C=O) groups excluding carboxylic acids is 2. The predicted molar refractivity (Wildman–Crippen MR) is 110 cm³/mol. The average molecular weight is 441 g/mol. The zero-order valence-electron chi connectivity index (χ0n) is 16.3. The van der Waals surface area contributed by atoms with Crippen LogP contribution in [0.15, 0.2) is 12.1 Å². The summed E-state index contributed by atoms with van der Waals surface area (Å²) in [5.41, 5.74) is 1.08. The highest BCUT2D eigenvalue weighted by atomic mass is 35.5. The Kier molecular flexibility index (Phi) is 6.13. The van der Waals surface area contributed by atoms with E-state index in [1.807, 2.05) is 9.80 Å². The number of benzene rings is 1. The number of halogens is 2. The molecule has 2 aliphatic heterocycles. The van der Waals surface area contributed by atoms with Crippen molar-refractivity contribution >= 4 is 52.7 Å². The molecule has 0 bridgehead atoms. The van der Waals surface area contributed by atoms with Crippen molar-refractivity contribution in [2.24, 2.45) is 7.05 Å². The minimum absolute atomic E-state index is 0. The first-order valence-corrected chi connectivity index (χ1v) is 9.30. The normalized spacial score (nSPS) is 17.8. The number of hydrogen-bond donors (Lipinski definition) is 2. The van der Waals surface area contributed by atoms with Crippen molar-refractivity contribution in [3.63, 3.8) is 0 Å². The van der Waals surface area contributed by atoms with Crippen LogP contribution < -0.4 is 15.1 Å². The molecule has 2 aliphatic rings. The topological polar surface area (TPSA) is 111 Å². The van der Waals surface area contributed by atoms with Crippen LogP contribution in [0.4, 0.5) is 20.7 Å². The number of urea groups is 1. The van der Waals surface area contributed by atoms with Crippen molar-refractivity contribution in [3.8, 4) is 0 Å². The Morgan fingerprint density at radius 3 is 2.53 bits per heavy atom. The molecule has 3 heterocycles. The summed E-state index contributed by atoms with van der Waals surface area (Å²) in [6.45, 7) is 2.24. The van der Waals surface area contributed by atoms with Gasteiger partial charge in [-0.3, -0.25) is 29.4 Å². The molecule has 0 atom stereocenters. The number of carboxylic acids is 1. The Morgan fingerprint density at radius 1 is 1.20 bits per heavy atom. The first kappa shape index (κ1) is 21.8. The molecule has 10 nitrogen and oxygen atoms in total. The third-order valence-corrected chi connectivity index (χ3v) is 5.28. The molecule has 0 saturated carbocycles. The molecule has 1 aromatic carbocycles. The molecule has 162 valence electrons. The first-order valence-electron chi connectivity index (χ1n) is 9.30. The van der Waals surface area contributed by atoms with Gasteiger partial charge < -0.3 is 10.0 Å². The zero-order chi connectivity index (χ0) is 20.7. The SMILES string of the molecule is Cl.Cn1nc(N2CCC(=O)NC2=O)c2cc(F)c(N3CCN(CC(=O)O)CC3)cc21. The lowest BCUT2D eigenvalue weighted by molar-refractivity contribution is -0.138. The number of piperazine rings is 1. The van der Waals surface area contributed by atoms with E-state index >= 15 is 0 Å². The molecule has 4 rings (SSSR count). The number of aromatic nitrogens is 2. The van der Waals surface area contributed by atoms with E-state index in [9.17, 15) is 18.8 Å². The highest BCUT2D eigenvalue weighted by Gasteiger charge is 2.29. The van der Waals surface area contributed by atoms with Crippen LogP contribution in [0.1, 0.15) is 6.42 Å². The summed E-state index contributed by atoms with van der Waals surface area (Å²) in [7, 11) is 1.71. The van der Waals surface area contributed by atoms with Gasteiger partial charge in [0.2, 0.25) is 5.91 Å². The molecule has 0 radical (unpaired) electrons. The fourth-order valence-corrected chi connectivity index (χ4v) is 3.79. The van der Waals surface area contributed by atoms with E-state index < -0.39 is 17.8 Å². The summed E-state index contributed by atoms with van der Waals surface area (Å²) in [6.07, 6.45) is 0.158. The molecule has 0 unspecified atom stereocenters. The van der Waals surface area contributed by atoms with Crippen LogP contribution in [0.2, 0.25) is 0 Å². The molecule has 2 saturated heterocycles. The van der Waals surface area contributed by atoms with Crippen LogP contribution in [0.5, 0.6) is 0 Å². The standard InChI is InChI=1S/C18H21FN6O4.ClH/c1-22-13-9-14(24-6-4-23(5-7-24)10-16(27)28)12(19)8-11(13)17(21-22)25-3-2-15(26)20-18(25)29;/h8-9H,2-7,10H2,1H3,(H,27,28)(H,20,26,29);1H. The molecule has 12 heteroatoms. The Balaban J connectivity index is 0.00000256. The van der Waals surface area contributed by atoms with E-state index in [1.165, 1.54) is 11.0 Å². The highest BCUT2D eigenvalue weighted by Crippen LogP contribution is 2.32. The van der Waals surface area contributed by atoms with E-state index in [2.05, 4.69) is 10.4 Å². The second kappa shape index (κ2) is 8.44. The van der Waals surface area contributed by atoms with Gasteiger partial charge in [-0.2, -0.15) is 5.10 Å². The Hall–Kier alpha value is -2.92. The van der Waals surface area contributed by atoms with Crippen molar-refractivity contribution in [1.29, 1.82) is 0 Å². The summed E-state index contributed by atoms with van der Waals surface area (Å²) in [5, 5.41) is 16.0. The highest BCUT2D eigenvalue weighted by molar-refractivity contribution is 6.09. The Bertz CT molecular complexity index is 1000. The van der Waals surface area contributed by atoms with Crippen molar-refractivity contribution in [1.82, 2.24) is 20.0 Å². The Labute approximate surface area is 177 Å². The Morgan fingerprint density at radius 2 is 1.90 bits per heavy atom. The number of carboxylic acid groups (broad SMARTS) is 1. The minimum Gasteiger partial charge on any atom is -0.480 e. The zero-order valence-corrected chi connectivity index (χ0v) is 17.1. The van der Waals surface area contributed by atoms with Gasteiger partial charge in [0.25, 0.3) is 0 Å². The number of nitrogens with zero attached hydrogens (tertiary/aromatic N) is 5. The maximum Gasteiger partial charge on any atom is 0.329 e. The summed E-state index contributed by atoms with van der Waals surface area (Å²) < 4.78 is 16.5. The van der Waals surface area contributed by atoms with Gasteiger partial charge in [-0.05, 0) is 12.1 Å². The van der Waals surface area contributed by atoms with E-state index in [-0.39, 0.29) is 37.8 Å². The maximum absolute atomic E-state index is 15.0. The van der Waals surface area contributed by atoms with Crippen molar-refractivity contribution in [2.75, 3.05) is 49.1 Å². The van der Waals surface area contributed by atoms with Gasteiger partial charge in [0.15, 0.2) is 5.82 Å². The smallest absolute Gasteiger partial charge is 0.329 e. The number of fused-ring (bicyclic) bond motifs is 1. The molecule has 0 aliphatic carbocycles. The second-order valence-corrected chi connectivity index (χ2v) is 7.18. The van der Waals surface area contributed by atoms with E-state index in [1.54, 1.807) is 17.8 Å². The summed E-state index contributed by atoms with van der Waals surface area (Å²) in [5.74, 6) is -1.35. The molecule has 0 spiro atoms. The van der Waals surface area contributed by atoms with Crippen LogP contribution in [-0.2, 0) is 16.6 Å². The van der Waals surface area contributed by atoms with Crippen molar-refractivity contribution in [2.45, 2.75) is 6.42 Å². The fraction of sp³-hybridized carbons (Fsp3) is 0.444. The van der Waals surface area contributed by atoms with Gasteiger partial charge in [0, 0.05) is 51.6 Å². The maximum atomic E-state index is 15.0. The monoisotopic (exact) mass is 440 g/mol. The quantitative estimate of drug-likeness (QED) is 0.723. The van der Waals surface area contributed by atoms with Crippen LogP contribution in [0, 0.1) is 5.82 Å². The number of rotatable bonds is 4. The van der Waals surface area contributed by atoms with E-state index in [0.717, 1.165) is 0 Å². The lowest BCUT2D eigenvalue weighted by Gasteiger charge is -2.35. The number of hydrogen-bond acceptors (Lipinski definition) is 6. The summed E-state index contributed by atoms with van der Waals surface area (Å²) in [6, 6.07) is 2.49. The van der Waals surface area contributed by atoms with Gasteiger partial charge in [0.1, 0.15) is 5.82 Å². The molecule has 2 aromatic rings. The molecule has 30 heavy (non-hydrogen) atoms. The second-order valence-electron chi connectivity index (χ2n) is 7.18. The average Bonchev–Trinajstić information content (AvgIpc) is 2.97. The predicted octanol–water partition coefficient (Wildman–Crippen LogP) is 0.787. The molecule has 3 amide bonds. The lowest BCUT2D eigenvalue weighted by Crippen LogP contribution is -2.49. The molecular formula is C18H22ClFN6O4. The third kappa shape index (κ3) is 4.03. The number of aliphatic carboxylic acids is 1. The van der Waals surface area contributed by atoms with Crippen LogP contribution >= 0.6 is 12.4 Å². The van der Waals surface area contributed by atoms with E-state index in [0.29, 0.717) is 48.6 Å². The van der Waals surface area contributed by atoms with Gasteiger partial charge >= 0.3 is 12.0 Å². The number of aryl methyl sites for hydroxylation is 1. The van der Waals surface area contributed by atoms with Crippen molar-refractivity contribution in [3.05, 3.63) is 17.9 Å². The van der Waals surface area contributed by atoms with E-state index in [4.69, 9.17) is 5.11 Å². The minimum atomic E-state index is -0.878. The van der Waals surface area contributed by atoms with Crippen LogP contribution in [-0.4, -0.2) is 77.0 Å². The van der Waals surface area contributed by atoms with Crippen LogP contribution in [0.3, 0.4) is 0 Å². The summed E-state index contributed by atoms with van der Waals surface area (Å²) >= 11 is 0. The fourth-order valence-electron chi connectivity index (χ4n) is 3.79. The molecular weight excluding hydrogens is 419 g/mol. The third-order valence-electron chi connectivity index (χ3n) is 5.28. The van der Waals surface area contributed by atoms with Crippen molar-refractivity contribution < 1.29 is 23.9 Å². The molecule has 1 aromatic heterocycles. The first-order chi connectivity index (χ1) is 13.8. The molecule has 2 fully saturated rings. The summed E-state index contributed by atoms with van der Waals surface area (Å²) in [4.78, 5) is 39.4. The van der Waals surface area contributed by atoms with Gasteiger partial charge in [-0.25, -0.2) is 9.18 Å². The largest absolute Gasteiger partial charge is 0.480 e. The lowest BCUT2D eigenvalue weighted by atomic mass is 10.1. The number of amides is 3. The number of nitrogens with one attached hydrogen (secondary N) is 1. The number of carbonyl (C=O) groups is 3. The van der Waals surface area contributed by atoms with Gasteiger partial charge in [-0.15, -0.1) is 12.4 Å².